The van der Waals surface area contributed by atoms with E-state index in [4.69, 9.17) is 4.98 Å². The molecule has 2 aromatic heterocycles. The summed E-state index contributed by atoms with van der Waals surface area (Å²) in [6.07, 6.45) is 1.79. The molecule has 2 N–H and O–H groups in total. The summed E-state index contributed by atoms with van der Waals surface area (Å²) < 4.78 is 1.76. The number of benzene rings is 2. The van der Waals surface area contributed by atoms with Crippen LogP contribution >= 0.6 is 0 Å². The number of aryl methyl sites for hydroxylation is 4. The SMILES string of the molecule is Cc1ccc(Nc2nc(Nc3ccccc3C)c3cnn(C)c3n2)cc1C. The minimum absolute atomic E-state index is 0.533. The third-order valence-electron chi connectivity index (χ3n) is 4.75. The van der Waals surface area contributed by atoms with E-state index in [9.17, 15) is 0 Å². The van der Waals surface area contributed by atoms with Crippen molar-refractivity contribution in [2.45, 2.75) is 20.8 Å². The van der Waals surface area contributed by atoms with Crippen molar-refractivity contribution in [3.05, 3.63) is 65.4 Å². The second-order valence-corrected chi connectivity index (χ2v) is 6.77. The standard InChI is InChI=1S/C21H22N6/c1-13-9-10-16(11-15(13)3)23-21-25-19(17-12-22-27(4)20(17)26-21)24-18-8-6-5-7-14(18)2/h5-12H,1-4H3,(H2,23,24,25,26). The highest BCUT2D eigenvalue weighted by molar-refractivity contribution is 5.90. The third-order valence-corrected chi connectivity index (χ3v) is 4.75. The van der Waals surface area contributed by atoms with Crippen LogP contribution in [0.25, 0.3) is 11.0 Å². The Morgan fingerprint density at radius 1 is 0.852 bits per heavy atom. The van der Waals surface area contributed by atoms with Crippen LogP contribution in [0.4, 0.5) is 23.1 Å². The van der Waals surface area contributed by atoms with Crippen molar-refractivity contribution in [2.75, 3.05) is 10.6 Å². The van der Waals surface area contributed by atoms with Crippen LogP contribution in [0.2, 0.25) is 0 Å². The molecule has 0 amide bonds. The topological polar surface area (TPSA) is 67.7 Å². The van der Waals surface area contributed by atoms with Crippen molar-refractivity contribution in [1.82, 2.24) is 19.7 Å². The van der Waals surface area contributed by atoms with Crippen LogP contribution < -0.4 is 10.6 Å². The predicted molar refractivity (Wildman–Crippen MR) is 110 cm³/mol. The van der Waals surface area contributed by atoms with Gasteiger partial charge in [0, 0.05) is 18.4 Å². The summed E-state index contributed by atoms with van der Waals surface area (Å²) >= 11 is 0. The number of hydrogen-bond acceptors (Lipinski definition) is 5. The van der Waals surface area contributed by atoms with Crippen molar-refractivity contribution >= 4 is 34.2 Å². The Kier molecular flexibility index (Phi) is 4.24. The molecule has 0 aliphatic rings. The lowest BCUT2D eigenvalue weighted by Crippen LogP contribution is -2.04. The summed E-state index contributed by atoms with van der Waals surface area (Å²) in [6, 6.07) is 14.4. The molecule has 0 spiro atoms. The molecule has 2 aromatic carbocycles. The number of anilines is 4. The van der Waals surface area contributed by atoms with Crippen molar-refractivity contribution in [2.24, 2.45) is 7.05 Å². The highest BCUT2D eigenvalue weighted by atomic mass is 15.3. The molecule has 6 heteroatoms. The van der Waals surface area contributed by atoms with Gasteiger partial charge < -0.3 is 10.6 Å². The molecule has 0 aliphatic carbocycles. The van der Waals surface area contributed by atoms with Gasteiger partial charge in [-0.2, -0.15) is 15.1 Å². The van der Waals surface area contributed by atoms with Gasteiger partial charge in [0.05, 0.1) is 11.6 Å². The second-order valence-electron chi connectivity index (χ2n) is 6.77. The molecular formula is C21H22N6. The summed E-state index contributed by atoms with van der Waals surface area (Å²) in [5, 5.41) is 12.0. The molecule has 0 bridgehead atoms. The molecule has 0 atom stereocenters. The van der Waals surface area contributed by atoms with E-state index in [1.165, 1.54) is 11.1 Å². The molecule has 2 heterocycles. The number of rotatable bonds is 4. The third kappa shape index (κ3) is 3.33. The Morgan fingerprint density at radius 2 is 1.67 bits per heavy atom. The summed E-state index contributed by atoms with van der Waals surface area (Å²) in [4.78, 5) is 9.36. The van der Waals surface area contributed by atoms with Crippen molar-refractivity contribution in [1.29, 1.82) is 0 Å². The zero-order chi connectivity index (χ0) is 19.0. The molecule has 0 saturated heterocycles. The van der Waals surface area contributed by atoms with E-state index < -0.39 is 0 Å². The van der Waals surface area contributed by atoms with E-state index in [1.807, 2.05) is 31.3 Å². The van der Waals surface area contributed by atoms with Crippen LogP contribution in [0.3, 0.4) is 0 Å². The van der Waals surface area contributed by atoms with E-state index >= 15 is 0 Å². The summed E-state index contributed by atoms with van der Waals surface area (Å²) in [5.74, 6) is 1.26. The lowest BCUT2D eigenvalue weighted by atomic mass is 10.1. The predicted octanol–water partition coefficient (Wildman–Crippen LogP) is 4.78. The van der Waals surface area contributed by atoms with E-state index in [-0.39, 0.29) is 0 Å². The zero-order valence-corrected chi connectivity index (χ0v) is 15.9. The van der Waals surface area contributed by atoms with Crippen LogP contribution in [0.15, 0.2) is 48.7 Å². The maximum Gasteiger partial charge on any atom is 0.231 e. The summed E-state index contributed by atoms with van der Waals surface area (Å²) in [7, 11) is 1.88. The van der Waals surface area contributed by atoms with E-state index in [0.29, 0.717) is 5.95 Å². The largest absolute Gasteiger partial charge is 0.339 e. The van der Waals surface area contributed by atoms with Gasteiger partial charge in [-0.1, -0.05) is 24.3 Å². The van der Waals surface area contributed by atoms with Gasteiger partial charge in [-0.05, 0) is 55.7 Å². The summed E-state index contributed by atoms with van der Waals surface area (Å²) in [5.41, 5.74) is 6.37. The Morgan fingerprint density at radius 3 is 2.44 bits per heavy atom. The van der Waals surface area contributed by atoms with Gasteiger partial charge in [-0.15, -0.1) is 0 Å². The maximum absolute atomic E-state index is 4.71. The molecule has 0 radical (unpaired) electrons. The highest BCUT2D eigenvalue weighted by Crippen LogP contribution is 2.27. The zero-order valence-electron chi connectivity index (χ0n) is 15.9. The average Bonchev–Trinajstić information content (AvgIpc) is 3.02. The fourth-order valence-electron chi connectivity index (χ4n) is 2.96. The first-order valence-corrected chi connectivity index (χ1v) is 8.88. The molecule has 0 aliphatic heterocycles. The average molecular weight is 358 g/mol. The van der Waals surface area contributed by atoms with Gasteiger partial charge in [0.15, 0.2) is 5.65 Å². The lowest BCUT2D eigenvalue weighted by Gasteiger charge is -2.12. The molecule has 0 unspecified atom stereocenters. The molecule has 4 rings (SSSR count). The maximum atomic E-state index is 4.71. The minimum atomic E-state index is 0.533. The van der Waals surface area contributed by atoms with Crippen molar-refractivity contribution in [3.63, 3.8) is 0 Å². The molecule has 0 saturated carbocycles. The molecule has 136 valence electrons. The van der Waals surface area contributed by atoms with Crippen molar-refractivity contribution < 1.29 is 0 Å². The van der Waals surface area contributed by atoms with E-state index in [2.05, 4.69) is 59.7 Å². The van der Waals surface area contributed by atoms with Gasteiger partial charge in [-0.25, -0.2) is 0 Å². The lowest BCUT2D eigenvalue weighted by molar-refractivity contribution is 0.786. The number of nitrogens with zero attached hydrogens (tertiary/aromatic N) is 4. The Balaban J connectivity index is 1.76. The molecular weight excluding hydrogens is 336 g/mol. The van der Waals surface area contributed by atoms with Gasteiger partial charge in [0.2, 0.25) is 5.95 Å². The smallest absolute Gasteiger partial charge is 0.231 e. The Labute approximate surface area is 158 Å². The number of hydrogen-bond donors (Lipinski definition) is 2. The number of nitrogens with one attached hydrogen (secondary N) is 2. The van der Waals surface area contributed by atoms with Crippen LogP contribution in [-0.2, 0) is 7.05 Å². The first-order chi connectivity index (χ1) is 13.0. The van der Waals surface area contributed by atoms with Crippen LogP contribution in [0.5, 0.6) is 0 Å². The summed E-state index contributed by atoms with van der Waals surface area (Å²) in [6.45, 7) is 6.26. The molecule has 6 nitrogen and oxygen atoms in total. The Bertz CT molecular complexity index is 1130. The quantitative estimate of drug-likeness (QED) is 0.550. The van der Waals surface area contributed by atoms with Crippen LogP contribution in [0.1, 0.15) is 16.7 Å². The van der Waals surface area contributed by atoms with Gasteiger partial charge >= 0.3 is 0 Å². The fourth-order valence-corrected chi connectivity index (χ4v) is 2.96. The minimum Gasteiger partial charge on any atom is -0.339 e. The van der Waals surface area contributed by atoms with Crippen LogP contribution in [0, 0.1) is 20.8 Å². The monoisotopic (exact) mass is 358 g/mol. The normalized spacial score (nSPS) is 11.0. The molecule has 4 aromatic rings. The fraction of sp³-hybridized carbons (Fsp3) is 0.190. The van der Waals surface area contributed by atoms with Gasteiger partial charge in [0.25, 0.3) is 0 Å². The van der Waals surface area contributed by atoms with E-state index in [0.717, 1.165) is 33.8 Å². The first-order valence-electron chi connectivity index (χ1n) is 8.88. The van der Waals surface area contributed by atoms with E-state index in [1.54, 1.807) is 10.9 Å². The first kappa shape index (κ1) is 17.0. The second kappa shape index (κ2) is 6.72. The number of fused-ring (bicyclic) bond motifs is 1. The number of aromatic nitrogens is 4. The van der Waals surface area contributed by atoms with Crippen LogP contribution in [-0.4, -0.2) is 19.7 Å². The van der Waals surface area contributed by atoms with Crippen molar-refractivity contribution in [3.8, 4) is 0 Å². The van der Waals surface area contributed by atoms with Gasteiger partial charge in [0.1, 0.15) is 5.82 Å². The molecule has 27 heavy (non-hydrogen) atoms. The number of para-hydroxylation sites is 1. The van der Waals surface area contributed by atoms with Gasteiger partial charge in [-0.3, -0.25) is 4.68 Å². The Hall–Kier alpha value is -3.41. The highest BCUT2D eigenvalue weighted by Gasteiger charge is 2.13. The molecule has 0 fully saturated rings.